The molecular formula is C23H25F3N6O9. The van der Waals surface area contributed by atoms with Crippen LogP contribution in [0.1, 0.15) is 5.56 Å². The molecule has 222 valence electrons. The Morgan fingerprint density at radius 2 is 1.44 bits per heavy atom. The number of carbonyl (C=O) groups is 7. The summed E-state index contributed by atoms with van der Waals surface area (Å²) < 4.78 is 41.9. The number of alkyl halides is 3. The average Bonchev–Trinajstić information content (AvgIpc) is 3.23. The summed E-state index contributed by atoms with van der Waals surface area (Å²) >= 11 is 0. The zero-order chi connectivity index (χ0) is 30.6. The van der Waals surface area contributed by atoms with Crippen molar-refractivity contribution < 1.29 is 56.6 Å². The zero-order valence-corrected chi connectivity index (χ0v) is 21.0. The van der Waals surface area contributed by atoms with E-state index in [1.165, 1.54) is 0 Å². The molecule has 2 atom stereocenters. The molecule has 0 radical (unpaired) electrons. The fraction of sp³-hybridized carbons (Fsp3) is 0.348. The van der Waals surface area contributed by atoms with Gasteiger partial charge in [-0.25, -0.2) is 15.2 Å². The van der Waals surface area contributed by atoms with Crippen LogP contribution in [0.2, 0.25) is 0 Å². The molecule has 1 aliphatic heterocycles. The second kappa shape index (κ2) is 15.1. The maximum Gasteiger partial charge on any atom is 0.425 e. The normalized spacial score (nSPS) is 14.3. The van der Waals surface area contributed by atoms with Crippen LogP contribution in [0.4, 0.5) is 13.2 Å². The van der Waals surface area contributed by atoms with Crippen molar-refractivity contribution >= 4 is 41.4 Å². The number of benzene rings is 1. The molecule has 0 saturated carbocycles. The van der Waals surface area contributed by atoms with Crippen molar-refractivity contribution in [3.05, 3.63) is 48.0 Å². The third kappa shape index (κ3) is 11.0. The average molecular weight is 586 g/mol. The van der Waals surface area contributed by atoms with Gasteiger partial charge in [-0.15, -0.1) is 0 Å². The number of hydrogen-bond acceptors (Lipinski definition) is 9. The number of amides is 6. The van der Waals surface area contributed by atoms with E-state index < -0.39 is 86.1 Å². The number of aliphatic carboxylic acids is 1. The van der Waals surface area contributed by atoms with Crippen LogP contribution in [0.3, 0.4) is 0 Å². The molecule has 1 unspecified atom stereocenters. The summed E-state index contributed by atoms with van der Waals surface area (Å²) in [6, 6.07) is 7.10. The number of rotatable bonds is 15. The largest absolute Gasteiger partial charge is 0.479 e. The van der Waals surface area contributed by atoms with Crippen molar-refractivity contribution in [2.24, 2.45) is 0 Å². The minimum absolute atomic E-state index is 0.0449. The Balaban J connectivity index is 1.86. The Hall–Kier alpha value is -4.84. The Morgan fingerprint density at radius 1 is 0.854 bits per heavy atom. The first-order valence-electron chi connectivity index (χ1n) is 11.6. The van der Waals surface area contributed by atoms with E-state index in [0.29, 0.717) is 10.6 Å². The number of carboxylic acids is 1. The van der Waals surface area contributed by atoms with Crippen LogP contribution in [0.5, 0.6) is 0 Å². The molecule has 18 heteroatoms. The standard InChI is InChI=1S/C23H25F3N6O9/c24-23(25,26)20(22(39)40)41-12-29-15(33)9-28-21(38)14(8-13-4-2-1-3-5-13)31-17(35)10-27-16(34)11-30-32-18(36)6-7-19(32)37/h1-7,14,20,30H,8-12H2,(H,27,34)(H,28,38)(H,29,33)(H,31,35)(H,39,40)/t14-,20?/m0/s1. The van der Waals surface area contributed by atoms with Gasteiger partial charge in [0.25, 0.3) is 17.9 Å². The Labute approximate surface area is 229 Å². The van der Waals surface area contributed by atoms with Crippen molar-refractivity contribution in [2.45, 2.75) is 24.7 Å². The highest BCUT2D eigenvalue weighted by molar-refractivity contribution is 6.12. The van der Waals surface area contributed by atoms with E-state index in [1.54, 1.807) is 30.3 Å². The van der Waals surface area contributed by atoms with Gasteiger partial charge >= 0.3 is 12.1 Å². The van der Waals surface area contributed by atoms with Crippen LogP contribution in [0.25, 0.3) is 0 Å². The van der Waals surface area contributed by atoms with Gasteiger partial charge in [0.2, 0.25) is 23.6 Å². The molecule has 41 heavy (non-hydrogen) atoms. The van der Waals surface area contributed by atoms with E-state index in [2.05, 4.69) is 26.1 Å². The molecule has 1 heterocycles. The fourth-order valence-electron chi connectivity index (χ4n) is 3.12. The number of imide groups is 1. The summed E-state index contributed by atoms with van der Waals surface area (Å²) in [5, 5.41) is 17.8. The van der Waals surface area contributed by atoms with Gasteiger partial charge in [0, 0.05) is 18.6 Å². The molecular weight excluding hydrogens is 561 g/mol. The van der Waals surface area contributed by atoms with Crippen LogP contribution in [-0.4, -0.2) is 96.2 Å². The highest BCUT2D eigenvalue weighted by Crippen LogP contribution is 2.22. The highest BCUT2D eigenvalue weighted by atomic mass is 19.4. The Morgan fingerprint density at radius 3 is 2.02 bits per heavy atom. The van der Waals surface area contributed by atoms with Gasteiger partial charge in [-0.2, -0.15) is 13.2 Å². The van der Waals surface area contributed by atoms with Crippen molar-refractivity contribution in [1.82, 2.24) is 31.7 Å². The molecule has 6 N–H and O–H groups in total. The molecule has 0 spiro atoms. The van der Waals surface area contributed by atoms with E-state index in [0.717, 1.165) is 12.2 Å². The molecule has 1 aliphatic rings. The van der Waals surface area contributed by atoms with E-state index >= 15 is 0 Å². The lowest BCUT2D eigenvalue weighted by Gasteiger charge is -2.19. The van der Waals surface area contributed by atoms with Crippen LogP contribution in [0, 0.1) is 0 Å². The van der Waals surface area contributed by atoms with Crippen molar-refractivity contribution in [3.8, 4) is 0 Å². The van der Waals surface area contributed by atoms with Crippen molar-refractivity contribution in [3.63, 3.8) is 0 Å². The monoisotopic (exact) mass is 586 g/mol. The predicted octanol–water partition coefficient (Wildman–Crippen LogP) is -2.52. The highest BCUT2D eigenvalue weighted by Gasteiger charge is 2.46. The first kappa shape index (κ1) is 32.4. The smallest absolute Gasteiger partial charge is 0.425 e. The molecule has 0 aromatic heterocycles. The number of halogens is 3. The summed E-state index contributed by atoms with van der Waals surface area (Å²) in [6.07, 6.45) is -6.43. The Kier molecular flexibility index (Phi) is 11.9. The molecule has 0 aliphatic carbocycles. The molecule has 1 aromatic carbocycles. The van der Waals surface area contributed by atoms with Gasteiger partial charge in [-0.3, -0.25) is 28.8 Å². The first-order valence-corrected chi connectivity index (χ1v) is 11.6. The summed E-state index contributed by atoms with van der Waals surface area (Å²) in [5.41, 5.74) is 2.90. The minimum Gasteiger partial charge on any atom is -0.479 e. The number of carboxylic acid groups (broad SMARTS) is 1. The second-order valence-electron chi connectivity index (χ2n) is 8.16. The topological polar surface area (TPSA) is 212 Å². The van der Waals surface area contributed by atoms with Crippen LogP contribution in [-0.2, 0) is 44.7 Å². The maximum atomic E-state index is 12.7. The van der Waals surface area contributed by atoms with Gasteiger partial charge in [-0.05, 0) is 5.56 Å². The van der Waals surface area contributed by atoms with Crippen molar-refractivity contribution in [1.29, 1.82) is 0 Å². The molecule has 2 rings (SSSR count). The number of carbonyl (C=O) groups excluding carboxylic acids is 6. The maximum absolute atomic E-state index is 12.7. The van der Waals surface area contributed by atoms with Gasteiger partial charge in [0.15, 0.2) is 0 Å². The van der Waals surface area contributed by atoms with Gasteiger partial charge < -0.3 is 31.1 Å². The zero-order valence-electron chi connectivity index (χ0n) is 21.0. The molecule has 15 nitrogen and oxygen atoms in total. The van der Waals surface area contributed by atoms with Gasteiger partial charge in [-0.1, -0.05) is 30.3 Å². The molecule has 1 aromatic rings. The minimum atomic E-state index is -5.22. The summed E-state index contributed by atoms with van der Waals surface area (Å²) in [5.74, 6) is -7.10. The molecule has 6 amide bonds. The molecule has 0 bridgehead atoms. The summed E-state index contributed by atoms with van der Waals surface area (Å²) in [4.78, 5) is 82.5. The number of ether oxygens (including phenoxy) is 1. The lowest BCUT2D eigenvalue weighted by molar-refractivity contribution is -0.228. The summed E-state index contributed by atoms with van der Waals surface area (Å²) in [6.45, 7) is -2.98. The van der Waals surface area contributed by atoms with Crippen LogP contribution in [0.15, 0.2) is 42.5 Å². The fourth-order valence-corrected chi connectivity index (χ4v) is 3.12. The summed E-state index contributed by atoms with van der Waals surface area (Å²) in [7, 11) is 0. The van der Waals surface area contributed by atoms with E-state index in [4.69, 9.17) is 5.11 Å². The number of nitrogens with zero attached hydrogens (tertiary/aromatic N) is 1. The quantitative estimate of drug-likeness (QED) is 0.0938. The molecule has 0 saturated heterocycles. The van der Waals surface area contributed by atoms with Gasteiger partial charge in [0.1, 0.15) is 12.8 Å². The lowest BCUT2D eigenvalue weighted by Crippen LogP contribution is -2.53. The number of nitrogens with one attached hydrogen (secondary N) is 5. The SMILES string of the molecule is O=C(CNC(=O)[C@H](Cc1ccccc1)NC(=O)CNC(=O)CNN1C(=O)C=CC1=O)NCOC(C(=O)O)C(F)(F)F. The van der Waals surface area contributed by atoms with Gasteiger partial charge in [0.05, 0.1) is 19.6 Å². The van der Waals surface area contributed by atoms with Crippen LogP contribution >= 0.6 is 0 Å². The lowest BCUT2D eigenvalue weighted by atomic mass is 10.1. The second-order valence-corrected chi connectivity index (χ2v) is 8.16. The predicted molar refractivity (Wildman–Crippen MR) is 129 cm³/mol. The third-order valence-electron chi connectivity index (χ3n) is 5.05. The van der Waals surface area contributed by atoms with Crippen molar-refractivity contribution in [2.75, 3.05) is 26.4 Å². The Bertz CT molecular complexity index is 1180. The van der Waals surface area contributed by atoms with Crippen LogP contribution < -0.4 is 26.7 Å². The number of hydrogen-bond donors (Lipinski definition) is 6. The van der Waals surface area contributed by atoms with E-state index in [9.17, 15) is 46.7 Å². The number of hydrazine groups is 1. The van der Waals surface area contributed by atoms with E-state index in [1.807, 2.05) is 5.32 Å². The third-order valence-corrected chi connectivity index (χ3v) is 5.05. The van der Waals surface area contributed by atoms with E-state index in [-0.39, 0.29) is 6.42 Å². The first-order chi connectivity index (χ1) is 19.3. The molecule has 0 fully saturated rings.